The Labute approximate surface area is 179 Å². The van der Waals surface area contributed by atoms with E-state index in [2.05, 4.69) is 10.3 Å². The van der Waals surface area contributed by atoms with Crippen LogP contribution in [0.2, 0.25) is 0 Å². The molecule has 31 heavy (non-hydrogen) atoms. The molecule has 0 bridgehead atoms. The first kappa shape index (κ1) is 21.7. The summed E-state index contributed by atoms with van der Waals surface area (Å²) in [5.74, 6) is -5.13. The normalized spacial score (nSPS) is 15.4. The van der Waals surface area contributed by atoms with Crippen LogP contribution < -0.4 is 5.32 Å². The van der Waals surface area contributed by atoms with Crippen LogP contribution in [0.25, 0.3) is 10.2 Å². The third-order valence-corrected chi connectivity index (χ3v) is 7.62. The van der Waals surface area contributed by atoms with Crippen LogP contribution in [0.5, 0.6) is 0 Å². The molecule has 2 heterocycles. The maximum Gasteiger partial charge on any atom is 0.257 e. The minimum absolute atomic E-state index is 0.0204. The lowest BCUT2D eigenvalue weighted by atomic mass is 10.1. The number of anilines is 1. The molecule has 0 saturated carbocycles. The fourth-order valence-corrected chi connectivity index (χ4v) is 5.45. The van der Waals surface area contributed by atoms with E-state index in [1.807, 2.05) is 0 Å². The summed E-state index contributed by atoms with van der Waals surface area (Å²) in [6, 6.07) is 4.96. The summed E-state index contributed by atoms with van der Waals surface area (Å²) < 4.78 is 72.9. The topological polar surface area (TPSA) is 88.6 Å². The Hall–Kier alpha value is -2.54. The third-order valence-electron chi connectivity index (χ3n) is 4.80. The average Bonchev–Trinajstić information content (AvgIpc) is 3.15. The van der Waals surface area contributed by atoms with E-state index >= 15 is 0 Å². The van der Waals surface area contributed by atoms with Gasteiger partial charge in [0.2, 0.25) is 10.0 Å². The quantitative estimate of drug-likeness (QED) is 0.590. The molecule has 0 aliphatic carbocycles. The van der Waals surface area contributed by atoms with E-state index in [4.69, 9.17) is 4.74 Å². The predicted octanol–water partition coefficient (Wildman–Crippen LogP) is 3.30. The fourth-order valence-electron chi connectivity index (χ4n) is 3.13. The molecule has 0 radical (unpaired) electrons. The number of ether oxygens (including phenoxy) is 1. The number of halogens is 3. The summed E-state index contributed by atoms with van der Waals surface area (Å²) in [4.78, 5) is 16.5. The van der Waals surface area contributed by atoms with Gasteiger partial charge in [-0.2, -0.15) is 4.31 Å². The summed E-state index contributed by atoms with van der Waals surface area (Å²) in [6.07, 6.45) is 0. The number of nitrogens with one attached hydrogen (secondary N) is 1. The number of amides is 1. The van der Waals surface area contributed by atoms with E-state index in [0.29, 0.717) is 5.56 Å². The number of rotatable bonds is 4. The highest BCUT2D eigenvalue weighted by atomic mass is 32.2. The van der Waals surface area contributed by atoms with Gasteiger partial charge in [0.15, 0.2) is 22.6 Å². The Morgan fingerprint density at radius 3 is 2.58 bits per heavy atom. The molecule has 3 aromatic rings. The van der Waals surface area contributed by atoms with Gasteiger partial charge >= 0.3 is 0 Å². The standard InChI is InChI=1S/C19H16F3N3O4S2/c1-10-2-3-11(31(27,28)25-4-6-29-7-5-25)8-12(10)18(26)24-19-23-17-14(30-19)9-13(20)15(21)16(17)22/h2-3,8-9H,4-7H2,1H3,(H,23,24,26). The zero-order valence-corrected chi connectivity index (χ0v) is 17.7. The van der Waals surface area contributed by atoms with E-state index in [0.717, 1.165) is 17.4 Å². The number of carbonyl (C=O) groups is 1. The predicted molar refractivity (Wildman–Crippen MR) is 108 cm³/mol. The van der Waals surface area contributed by atoms with Crippen LogP contribution in [0.15, 0.2) is 29.2 Å². The van der Waals surface area contributed by atoms with Gasteiger partial charge in [0.1, 0.15) is 5.52 Å². The number of benzene rings is 2. The summed E-state index contributed by atoms with van der Waals surface area (Å²) in [6.45, 7) is 2.62. The number of sulfonamides is 1. The van der Waals surface area contributed by atoms with Gasteiger partial charge in [-0.25, -0.2) is 26.6 Å². The summed E-state index contributed by atoms with van der Waals surface area (Å²) in [7, 11) is -3.82. The lowest BCUT2D eigenvalue weighted by Crippen LogP contribution is -2.40. The average molecular weight is 471 g/mol. The smallest absolute Gasteiger partial charge is 0.257 e. The van der Waals surface area contributed by atoms with E-state index in [1.54, 1.807) is 6.92 Å². The van der Waals surface area contributed by atoms with Gasteiger partial charge in [-0.15, -0.1) is 0 Å². The fraction of sp³-hybridized carbons (Fsp3) is 0.263. The van der Waals surface area contributed by atoms with E-state index in [-0.39, 0.29) is 46.6 Å². The van der Waals surface area contributed by atoms with Crippen LogP contribution in [-0.2, 0) is 14.8 Å². The molecule has 1 saturated heterocycles. The van der Waals surface area contributed by atoms with Gasteiger partial charge in [0.05, 0.1) is 22.8 Å². The number of morpholine rings is 1. The monoisotopic (exact) mass is 471 g/mol. The van der Waals surface area contributed by atoms with Crippen LogP contribution in [0.3, 0.4) is 0 Å². The minimum Gasteiger partial charge on any atom is -0.379 e. The first-order valence-corrected chi connectivity index (χ1v) is 11.4. The number of carbonyl (C=O) groups excluding carboxylic acids is 1. The van der Waals surface area contributed by atoms with Gasteiger partial charge < -0.3 is 4.74 Å². The molecule has 2 aromatic carbocycles. The molecule has 0 atom stereocenters. The van der Waals surface area contributed by atoms with Crippen molar-refractivity contribution in [3.63, 3.8) is 0 Å². The molecule has 1 N–H and O–H groups in total. The maximum absolute atomic E-state index is 13.9. The lowest BCUT2D eigenvalue weighted by molar-refractivity contribution is 0.0730. The number of fused-ring (bicyclic) bond motifs is 1. The van der Waals surface area contributed by atoms with E-state index in [9.17, 15) is 26.4 Å². The number of nitrogens with zero attached hydrogens (tertiary/aromatic N) is 2. The molecule has 4 rings (SSSR count). The van der Waals surface area contributed by atoms with E-state index in [1.165, 1.54) is 22.5 Å². The first-order chi connectivity index (χ1) is 14.7. The number of aromatic nitrogens is 1. The van der Waals surface area contributed by atoms with Gasteiger partial charge in [-0.1, -0.05) is 17.4 Å². The van der Waals surface area contributed by atoms with Crippen molar-refractivity contribution in [2.24, 2.45) is 0 Å². The van der Waals surface area contributed by atoms with Crippen molar-refractivity contribution < 1.29 is 31.1 Å². The van der Waals surface area contributed by atoms with Crippen LogP contribution in [0.1, 0.15) is 15.9 Å². The lowest BCUT2D eigenvalue weighted by Gasteiger charge is -2.26. The summed E-state index contributed by atoms with van der Waals surface area (Å²) in [5.41, 5.74) is 0.175. The molecule has 12 heteroatoms. The Kier molecular flexibility index (Phi) is 5.73. The van der Waals surface area contributed by atoms with E-state index < -0.39 is 38.9 Å². The molecule has 1 fully saturated rings. The van der Waals surface area contributed by atoms with Gasteiger partial charge in [-0.3, -0.25) is 10.1 Å². The molecule has 1 aliphatic heterocycles. The van der Waals surface area contributed by atoms with Crippen molar-refractivity contribution >= 4 is 42.6 Å². The number of hydrogen-bond acceptors (Lipinski definition) is 6. The van der Waals surface area contributed by atoms with Crippen molar-refractivity contribution in [3.05, 3.63) is 52.8 Å². The molecule has 0 spiro atoms. The highest BCUT2D eigenvalue weighted by molar-refractivity contribution is 7.89. The SMILES string of the molecule is Cc1ccc(S(=O)(=O)N2CCOCC2)cc1C(=O)Nc1nc2c(F)c(F)c(F)cc2s1. The molecule has 0 unspecified atom stereocenters. The van der Waals surface area contributed by atoms with Gasteiger partial charge in [-0.05, 0) is 30.7 Å². The molecule has 1 amide bonds. The second-order valence-corrected chi connectivity index (χ2v) is 9.77. The highest BCUT2D eigenvalue weighted by Crippen LogP contribution is 2.31. The Balaban J connectivity index is 1.64. The number of aryl methyl sites for hydroxylation is 1. The molecular weight excluding hydrogens is 455 g/mol. The Morgan fingerprint density at radius 1 is 1.16 bits per heavy atom. The van der Waals surface area contributed by atoms with Crippen molar-refractivity contribution in [2.45, 2.75) is 11.8 Å². The number of thiazole rings is 1. The zero-order valence-electron chi connectivity index (χ0n) is 16.1. The van der Waals surface area contributed by atoms with Crippen molar-refractivity contribution in [1.29, 1.82) is 0 Å². The van der Waals surface area contributed by atoms with Gasteiger partial charge in [0, 0.05) is 18.7 Å². The van der Waals surface area contributed by atoms with Crippen LogP contribution in [0.4, 0.5) is 18.3 Å². The summed E-state index contributed by atoms with van der Waals surface area (Å²) in [5, 5.41) is 2.36. The molecular formula is C19H16F3N3O4S2. The first-order valence-electron chi connectivity index (χ1n) is 9.12. The zero-order chi connectivity index (χ0) is 22.3. The second kappa shape index (κ2) is 8.19. The van der Waals surface area contributed by atoms with Crippen LogP contribution in [-0.4, -0.2) is 49.9 Å². The van der Waals surface area contributed by atoms with Gasteiger partial charge in [0.25, 0.3) is 5.91 Å². The summed E-state index contributed by atoms with van der Waals surface area (Å²) >= 11 is 0.766. The Bertz CT molecular complexity index is 1290. The molecule has 164 valence electrons. The highest BCUT2D eigenvalue weighted by Gasteiger charge is 2.27. The van der Waals surface area contributed by atoms with Crippen molar-refractivity contribution in [3.8, 4) is 0 Å². The molecule has 1 aromatic heterocycles. The maximum atomic E-state index is 13.9. The van der Waals surface area contributed by atoms with Crippen molar-refractivity contribution in [1.82, 2.24) is 9.29 Å². The van der Waals surface area contributed by atoms with Crippen molar-refractivity contribution in [2.75, 3.05) is 31.6 Å². The second-order valence-electron chi connectivity index (χ2n) is 6.80. The largest absolute Gasteiger partial charge is 0.379 e. The Morgan fingerprint density at radius 2 is 1.87 bits per heavy atom. The molecule has 7 nitrogen and oxygen atoms in total. The number of hydrogen-bond donors (Lipinski definition) is 1. The minimum atomic E-state index is -3.82. The molecule has 1 aliphatic rings. The van der Waals surface area contributed by atoms with Crippen LogP contribution in [0, 0.1) is 24.4 Å². The third kappa shape index (κ3) is 4.03. The van der Waals surface area contributed by atoms with Crippen LogP contribution >= 0.6 is 11.3 Å².